The Morgan fingerprint density at radius 2 is 0.456 bits per heavy atom. The minimum Gasteiger partial charge on any atom is -0.381 e. The maximum absolute atomic E-state index is 5.81. The van der Waals surface area contributed by atoms with E-state index in [2.05, 4.69) is 62.5 Å². The van der Waals surface area contributed by atoms with Crippen molar-refractivity contribution in [2.75, 3.05) is 53.2 Å². The molecule has 5 nitrogen and oxygen atoms in total. The van der Waals surface area contributed by atoms with Gasteiger partial charge in [0.15, 0.2) is 0 Å². The largest absolute Gasteiger partial charge is 0.381 e. The van der Waals surface area contributed by atoms with Crippen molar-refractivity contribution in [3.05, 3.63) is 48.6 Å². The maximum atomic E-state index is 5.81. The van der Waals surface area contributed by atoms with Crippen molar-refractivity contribution in [2.24, 2.45) is 0 Å². The number of allylic oxidation sites excluding steroid dienone is 6. The lowest BCUT2D eigenvalue weighted by molar-refractivity contribution is -0.131. The van der Waals surface area contributed by atoms with E-state index in [1.807, 2.05) is 0 Å². The molecule has 0 aliphatic heterocycles. The minimum absolute atomic E-state index is 0.327. The Hall–Kier alpha value is -1.24. The molecule has 336 valence electrons. The molecule has 0 unspecified atom stereocenters. The van der Waals surface area contributed by atoms with Crippen LogP contribution >= 0.6 is 0 Å². The molecule has 0 spiro atoms. The summed E-state index contributed by atoms with van der Waals surface area (Å²) in [6, 6.07) is 0. The average molecular weight is 803 g/mol. The Labute approximate surface area is 356 Å². The summed E-state index contributed by atoms with van der Waals surface area (Å²) in [6.45, 7) is 10.2. The van der Waals surface area contributed by atoms with E-state index in [9.17, 15) is 0 Å². The first-order valence-electron chi connectivity index (χ1n) is 24.9. The molecule has 57 heavy (non-hydrogen) atoms. The van der Waals surface area contributed by atoms with E-state index in [1.54, 1.807) is 0 Å². The van der Waals surface area contributed by atoms with Crippen molar-refractivity contribution in [3.63, 3.8) is 0 Å². The first-order chi connectivity index (χ1) is 28.4. The Bertz CT molecular complexity index is 755. The predicted molar refractivity (Wildman–Crippen MR) is 249 cm³/mol. The molecule has 0 radical (unpaired) electrons. The zero-order chi connectivity index (χ0) is 40.9. The SMILES string of the molecule is CCCC/C=C/CCCCCCCC/C=C/CCOCCCCCCCOCOCOCCCCCCCOCC/C=C/CCCCCCCC/C=C/CCCC. The van der Waals surface area contributed by atoms with Gasteiger partial charge in [-0.2, -0.15) is 0 Å². The quantitative estimate of drug-likeness (QED) is 0.0348. The van der Waals surface area contributed by atoms with Crippen LogP contribution in [-0.2, 0) is 23.7 Å². The Morgan fingerprint density at radius 3 is 0.772 bits per heavy atom. The van der Waals surface area contributed by atoms with E-state index in [0.29, 0.717) is 13.6 Å². The van der Waals surface area contributed by atoms with Crippen LogP contribution in [0.2, 0.25) is 0 Å². The van der Waals surface area contributed by atoms with Crippen LogP contribution in [0.5, 0.6) is 0 Å². The molecule has 0 saturated carbocycles. The molecule has 0 aromatic heterocycles. The fraction of sp³-hybridized carbons (Fsp3) is 0.846. The van der Waals surface area contributed by atoms with Gasteiger partial charge in [0.25, 0.3) is 0 Å². The van der Waals surface area contributed by atoms with E-state index >= 15 is 0 Å². The van der Waals surface area contributed by atoms with Crippen LogP contribution in [0, 0.1) is 0 Å². The van der Waals surface area contributed by atoms with Crippen molar-refractivity contribution < 1.29 is 23.7 Å². The third kappa shape index (κ3) is 54.8. The van der Waals surface area contributed by atoms with Crippen LogP contribution in [0.15, 0.2) is 48.6 Å². The van der Waals surface area contributed by atoms with Gasteiger partial charge in [-0.3, -0.25) is 0 Å². The van der Waals surface area contributed by atoms with E-state index in [0.717, 1.165) is 78.2 Å². The Morgan fingerprint density at radius 1 is 0.211 bits per heavy atom. The molecule has 0 N–H and O–H groups in total. The van der Waals surface area contributed by atoms with Gasteiger partial charge in [-0.05, 0) is 103 Å². The van der Waals surface area contributed by atoms with Gasteiger partial charge in [0.1, 0.15) is 13.6 Å². The van der Waals surface area contributed by atoms with Gasteiger partial charge in [0, 0.05) is 26.4 Å². The normalized spacial score (nSPS) is 12.2. The van der Waals surface area contributed by atoms with Crippen molar-refractivity contribution in [1.82, 2.24) is 0 Å². The second-order valence-electron chi connectivity index (χ2n) is 16.2. The molecule has 5 heteroatoms. The fourth-order valence-electron chi connectivity index (χ4n) is 6.70. The molecular formula is C52H98O5. The minimum atomic E-state index is 0.327. The molecule has 0 aromatic rings. The molecule has 0 fully saturated rings. The summed E-state index contributed by atoms with van der Waals surface area (Å²) in [6.07, 6.45) is 62.1. The van der Waals surface area contributed by atoms with Gasteiger partial charge in [-0.15, -0.1) is 0 Å². The van der Waals surface area contributed by atoms with Crippen molar-refractivity contribution in [2.45, 2.75) is 232 Å². The van der Waals surface area contributed by atoms with Gasteiger partial charge in [-0.25, -0.2) is 0 Å². The van der Waals surface area contributed by atoms with Crippen LogP contribution in [0.1, 0.15) is 232 Å². The highest BCUT2D eigenvalue weighted by molar-refractivity contribution is 4.83. The standard InChI is InChI=1S/C52H98O5/c1-3-5-7-9-11-13-15-17-19-21-23-25-27-29-33-39-45-53-47-41-35-31-37-43-49-55-51-57-52-56-50-44-38-32-36-42-48-54-46-40-34-30-28-26-24-22-20-18-16-14-12-10-8-6-4-2/h9-12,29-30,33-34H,3-8,13-28,31-32,35-52H2,1-2H3/b11-9+,12-10+,33-29+,34-30+. The molecule has 0 atom stereocenters. The lowest BCUT2D eigenvalue weighted by Crippen LogP contribution is -2.06. The molecule has 0 amide bonds. The average Bonchev–Trinajstić information content (AvgIpc) is 3.22. The molecular weight excluding hydrogens is 705 g/mol. The highest BCUT2D eigenvalue weighted by Gasteiger charge is 1.97. The van der Waals surface area contributed by atoms with Crippen LogP contribution in [0.25, 0.3) is 0 Å². The molecule has 0 heterocycles. The van der Waals surface area contributed by atoms with Gasteiger partial charge in [0.05, 0.1) is 13.2 Å². The third-order valence-corrected chi connectivity index (χ3v) is 10.4. The van der Waals surface area contributed by atoms with E-state index in [4.69, 9.17) is 23.7 Å². The summed E-state index contributed by atoms with van der Waals surface area (Å²) < 4.78 is 28.3. The zero-order valence-electron chi connectivity index (χ0n) is 38.4. The number of rotatable bonds is 50. The lowest BCUT2D eigenvalue weighted by Gasteiger charge is -2.07. The molecule has 0 bridgehead atoms. The lowest BCUT2D eigenvalue weighted by atomic mass is 10.1. The predicted octanol–water partition coefficient (Wildman–Crippen LogP) is 16.5. The summed E-state index contributed by atoms with van der Waals surface area (Å²) in [5, 5.41) is 0. The van der Waals surface area contributed by atoms with Crippen LogP contribution in [0.4, 0.5) is 0 Å². The maximum Gasteiger partial charge on any atom is 0.149 e. The number of unbranched alkanes of at least 4 members (excludes halogenated alkanes) is 26. The van der Waals surface area contributed by atoms with Gasteiger partial charge in [-0.1, -0.05) is 178 Å². The molecule has 0 aliphatic rings. The smallest absolute Gasteiger partial charge is 0.149 e. The number of hydrogen-bond acceptors (Lipinski definition) is 5. The van der Waals surface area contributed by atoms with Gasteiger partial charge < -0.3 is 23.7 Å². The van der Waals surface area contributed by atoms with Crippen molar-refractivity contribution >= 4 is 0 Å². The van der Waals surface area contributed by atoms with E-state index in [1.165, 1.54) is 180 Å². The molecule has 0 saturated heterocycles. The van der Waals surface area contributed by atoms with Crippen molar-refractivity contribution in [1.29, 1.82) is 0 Å². The van der Waals surface area contributed by atoms with Gasteiger partial charge in [0.2, 0.25) is 0 Å². The van der Waals surface area contributed by atoms with Crippen LogP contribution < -0.4 is 0 Å². The monoisotopic (exact) mass is 803 g/mol. The van der Waals surface area contributed by atoms with E-state index < -0.39 is 0 Å². The second-order valence-corrected chi connectivity index (χ2v) is 16.2. The molecule has 0 aromatic carbocycles. The Balaban J connectivity index is 3.14. The fourth-order valence-corrected chi connectivity index (χ4v) is 6.70. The third-order valence-electron chi connectivity index (χ3n) is 10.4. The number of hydrogen-bond donors (Lipinski definition) is 0. The topological polar surface area (TPSA) is 46.2 Å². The van der Waals surface area contributed by atoms with Crippen LogP contribution in [-0.4, -0.2) is 53.2 Å². The summed E-state index contributed by atoms with van der Waals surface area (Å²) in [5.41, 5.74) is 0. The highest BCUT2D eigenvalue weighted by Crippen LogP contribution is 2.12. The van der Waals surface area contributed by atoms with Gasteiger partial charge >= 0.3 is 0 Å². The molecule has 0 rings (SSSR count). The van der Waals surface area contributed by atoms with Crippen molar-refractivity contribution in [3.8, 4) is 0 Å². The van der Waals surface area contributed by atoms with Crippen LogP contribution in [0.3, 0.4) is 0 Å². The first kappa shape index (κ1) is 55.8. The van der Waals surface area contributed by atoms with E-state index in [-0.39, 0.29) is 0 Å². The Kier molecular flexibility index (Phi) is 53.6. The summed E-state index contributed by atoms with van der Waals surface area (Å²) in [7, 11) is 0. The molecule has 0 aliphatic carbocycles. The first-order valence-corrected chi connectivity index (χ1v) is 24.9. The number of ether oxygens (including phenoxy) is 5. The highest BCUT2D eigenvalue weighted by atomic mass is 16.7. The summed E-state index contributed by atoms with van der Waals surface area (Å²) >= 11 is 0. The zero-order valence-corrected chi connectivity index (χ0v) is 38.4. The second kappa shape index (κ2) is 54.8. The summed E-state index contributed by atoms with van der Waals surface area (Å²) in [5.74, 6) is 0. The summed E-state index contributed by atoms with van der Waals surface area (Å²) in [4.78, 5) is 0.